The van der Waals surface area contributed by atoms with Crippen molar-refractivity contribution < 1.29 is 14.3 Å². The van der Waals surface area contributed by atoms with Crippen LogP contribution < -0.4 is 10.6 Å². The lowest BCUT2D eigenvalue weighted by atomic mass is 9.99. The summed E-state index contributed by atoms with van der Waals surface area (Å²) in [7, 11) is 0. The first-order valence-corrected chi connectivity index (χ1v) is 11.3. The maximum atomic E-state index is 12.0. The maximum Gasteiger partial charge on any atom is 0.220 e. The average Bonchev–Trinajstić information content (AvgIpc) is 2.66. The van der Waals surface area contributed by atoms with Crippen molar-refractivity contribution in [2.75, 3.05) is 19.7 Å². The number of nitrogens with zero attached hydrogens (tertiary/aromatic N) is 3. The summed E-state index contributed by atoms with van der Waals surface area (Å²) in [5.41, 5.74) is 7.51. The molecule has 0 heterocycles. The zero-order valence-electron chi connectivity index (χ0n) is 19.8. The molecule has 0 radical (unpaired) electrons. The quantitative estimate of drug-likeness (QED) is 0.139. The molecule has 0 atom stereocenters. The van der Waals surface area contributed by atoms with E-state index in [4.69, 9.17) is 10.3 Å². The molecule has 0 aliphatic carbocycles. The SMILES string of the molecule is CCCCC(=O)NC(C)(C)CCOC(C)(C)CCC(=O)NCCCCCCN=[N+]=[N-]. The molecule has 0 fully saturated rings. The van der Waals surface area contributed by atoms with Crippen LogP contribution in [0.2, 0.25) is 0 Å². The van der Waals surface area contributed by atoms with Crippen molar-refractivity contribution >= 4 is 11.8 Å². The maximum absolute atomic E-state index is 12.0. The van der Waals surface area contributed by atoms with Crippen LogP contribution >= 0.6 is 0 Å². The molecule has 0 aromatic rings. The number of nitrogens with one attached hydrogen (secondary N) is 2. The highest BCUT2D eigenvalue weighted by Crippen LogP contribution is 2.19. The Bertz CT molecular complexity index is 543. The monoisotopic (exact) mass is 425 g/mol. The molecule has 0 aromatic heterocycles. The second-order valence-electron chi connectivity index (χ2n) is 9.11. The van der Waals surface area contributed by atoms with Gasteiger partial charge in [-0.25, -0.2) is 0 Å². The van der Waals surface area contributed by atoms with Gasteiger partial charge >= 0.3 is 0 Å². The van der Waals surface area contributed by atoms with Gasteiger partial charge in [-0.2, -0.15) is 0 Å². The van der Waals surface area contributed by atoms with E-state index < -0.39 is 0 Å². The smallest absolute Gasteiger partial charge is 0.220 e. The summed E-state index contributed by atoms with van der Waals surface area (Å²) in [4.78, 5) is 26.7. The number of unbranched alkanes of at least 4 members (excludes halogenated alkanes) is 4. The van der Waals surface area contributed by atoms with Gasteiger partial charge < -0.3 is 15.4 Å². The first kappa shape index (κ1) is 28.2. The number of ether oxygens (including phenoxy) is 1. The predicted octanol–water partition coefficient (Wildman–Crippen LogP) is 5.02. The van der Waals surface area contributed by atoms with Gasteiger partial charge in [0.2, 0.25) is 11.8 Å². The molecule has 8 heteroatoms. The number of azide groups is 1. The van der Waals surface area contributed by atoms with Crippen LogP contribution in [0.3, 0.4) is 0 Å². The largest absolute Gasteiger partial charge is 0.375 e. The van der Waals surface area contributed by atoms with Gasteiger partial charge in [0.05, 0.1) is 5.60 Å². The van der Waals surface area contributed by atoms with E-state index in [1.807, 2.05) is 27.7 Å². The van der Waals surface area contributed by atoms with Crippen molar-refractivity contribution in [1.29, 1.82) is 0 Å². The van der Waals surface area contributed by atoms with Crippen LogP contribution in [0.15, 0.2) is 5.11 Å². The number of hydrogen-bond acceptors (Lipinski definition) is 4. The van der Waals surface area contributed by atoms with Crippen molar-refractivity contribution in [2.45, 2.75) is 110 Å². The summed E-state index contributed by atoms with van der Waals surface area (Å²) in [5.74, 6) is 0.137. The van der Waals surface area contributed by atoms with Crippen LogP contribution in [0.5, 0.6) is 0 Å². The molecule has 30 heavy (non-hydrogen) atoms. The summed E-state index contributed by atoms with van der Waals surface area (Å²) in [6, 6.07) is 0. The van der Waals surface area contributed by atoms with Gasteiger partial charge in [0.15, 0.2) is 0 Å². The number of carbonyl (C=O) groups is 2. The Morgan fingerprint density at radius 1 is 0.967 bits per heavy atom. The molecular formula is C22H43N5O3. The molecule has 0 saturated carbocycles. The molecule has 2 N–H and O–H groups in total. The lowest BCUT2D eigenvalue weighted by Crippen LogP contribution is -2.44. The summed E-state index contributed by atoms with van der Waals surface area (Å²) in [5, 5.41) is 9.53. The van der Waals surface area contributed by atoms with Gasteiger partial charge in [-0.05, 0) is 65.3 Å². The number of hydrogen-bond donors (Lipinski definition) is 2. The molecule has 0 spiro atoms. The Kier molecular flexibility index (Phi) is 15.0. The van der Waals surface area contributed by atoms with Crippen molar-refractivity contribution in [1.82, 2.24) is 10.6 Å². The standard InChI is InChI=1S/C22H43N5O3/c1-6-7-12-20(29)26-21(2,3)15-18-30-22(4,5)14-13-19(28)24-16-10-8-9-11-17-25-27-23/h6-18H2,1-5H3,(H,24,28)(H,26,29). The zero-order valence-corrected chi connectivity index (χ0v) is 19.8. The summed E-state index contributed by atoms with van der Waals surface area (Å²) < 4.78 is 6.00. The fraction of sp³-hybridized carbons (Fsp3) is 0.909. The Balaban J connectivity index is 3.93. The molecular weight excluding hydrogens is 382 g/mol. The molecule has 0 bridgehead atoms. The highest BCUT2D eigenvalue weighted by Gasteiger charge is 2.24. The van der Waals surface area contributed by atoms with Crippen LogP contribution in [0.1, 0.15) is 98.8 Å². The van der Waals surface area contributed by atoms with Crippen LogP contribution in [0, 0.1) is 0 Å². The second-order valence-corrected chi connectivity index (χ2v) is 9.11. The van der Waals surface area contributed by atoms with Gasteiger partial charge in [-0.3, -0.25) is 9.59 Å². The molecule has 8 nitrogen and oxygen atoms in total. The van der Waals surface area contributed by atoms with E-state index in [-0.39, 0.29) is 23.0 Å². The van der Waals surface area contributed by atoms with E-state index >= 15 is 0 Å². The molecule has 0 aromatic carbocycles. The number of rotatable bonds is 18. The molecule has 0 rings (SSSR count). The fourth-order valence-corrected chi connectivity index (χ4v) is 2.93. The Labute approximate surface area is 182 Å². The van der Waals surface area contributed by atoms with Crippen molar-refractivity contribution in [3.63, 3.8) is 0 Å². The van der Waals surface area contributed by atoms with E-state index in [9.17, 15) is 9.59 Å². The van der Waals surface area contributed by atoms with E-state index in [0.29, 0.717) is 39.0 Å². The van der Waals surface area contributed by atoms with Crippen LogP contribution in [-0.4, -0.2) is 42.7 Å². The second kappa shape index (κ2) is 16.0. The Morgan fingerprint density at radius 3 is 2.33 bits per heavy atom. The molecule has 174 valence electrons. The third-order valence-corrected chi connectivity index (χ3v) is 4.98. The van der Waals surface area contributed by atoms with E-state index in [0.717, 1.165) is 44.9 Å². The average molecular weight is 426 g/mol. The van der Waals surface area contributed by atoms with Crippen LogP contribution in [-0.2, 0) is 14.3 Å². The van der Waals surface area contributed by atoms with Gasteiger partial charge in [0, 0.05) is 43.0 Å². The van der Waals surface area contributed by atoms with E-state index in [1.54, 1.807) is 0 Å². The minimum absolute atomic E-state index is 0.0456. The minimum atomic E-state index is -0.388. The fourth-order valence-electron chi connectivity index (χ4n) is 2.93. The van der Waals surface area contributed by atoms with E-state index in [1.165, 1.54) is 0 Å². The Hall–Kier alpha value is -1.79. The zero-order chi connectivity index (χ0) is 22.9. The lowest BCUT2D eigenvalue weighted by molar-refractivity contribution is -0.124. The third-order valence-electron chi connectivity index (χ3n) is 4.98. The van der Waals surface area contributed by atoms with Crippen molar-refractivity contribution in [3.05, 3.63) is 10.4 Å². The molecule has 2 amide bonds. The topological polar surface area (TPSA) is 116 Å². The molecule has 0 saturated heterocycles. The van der Waals surface area contributed by atoms with E-state index in [2.05, 4.69) is 27.6 Å². The van der Waals surface area contributed by atoms with Crippen LogP contribution in [0.25, 0.3) is 10.4 Å². The number of carbonyl (C=O) groups excluding carboxylic acids is 2. The minimum Gasteiger partial charge on any atom is -0.375 e. The van der Waals surface area contributed by atoms with Crippen LogP contribution in [0.4, 0.5) is 0 Å². The molecule has 0 unspecified atom stereocenters. The summed E-state index contributed by atoms with van der Waals surface area (Å²) in [6.45, 7) is 11.8. The van der Waals surface area contributed by atoms with Gasteiger partial charge in [0.1, 0.15) is 0 Å². The Morgan fingerprint density at radius 2 is 1.67 bits per heavy atom. The normalized spacial score (nSPS) is 11.6. The number of amides is 2. The lowest BCUT2D eigenvalue weighted by Gasteiger charge is -2.30. The predicted molar refractivity (Wildman–Crippen MR) is 121 cm³/mol. The first-order chi connectivity index (χ1) is 14.1. The molecule has 0 aliphatic heterocycles. The molecule has 0 aliphatic rings. The van der Waals surface area contributed by atoms with Gasteiger partial charge in [0.25, 0.3) is 0 Å². The van der Waals surface area contributed by atoms with Crippen molar-refractivity contribution in [3.8, 4) is 0 Å². The first-order valence-electron chi connectivity index (χ1n) is 11.3. The van der Waals surface area contributed by atoms with Crippen molar-refractivity contribution in [2.24, 2.45) is 5.11 Å². The third kappa shape index (κ3) is 17.1. The summed E-state index contributed by atoms with van der Waals surface area (Å²) in [6.07, 6.45) is 8.13. The summed E-state index contributed by atoms with van der Waals surface area (Å²) >= 11 is 0. The van der Waals surface area contributed by atoms with Gasteiger partial charge in [-0.1, -0.05) is 31.3 Å². The highest BCUT2D eigenvalue weighted by molar-refractivity contribution is 5.76. The highest BCUT2D eigenvalue weighted by atomic mass is 16.5. The van der Waals surface area contributed by atoms with Gasteiger partial charge in [-0.15, -0.1) is 0 Å².